The molecule has 1 N–H and O–H groups in total. The Morgan fingerprint density at radius 1 is 0.913 bits per heavy atom. The fraction of sp³-hybridized carbons (Fsp3) is 0.850. The molecule has 0 saturated heterocycles. The molecule has 0 aromatic carbocycles. The second-order valence-corrected chi connectivity index (χ2v) is 7.47. The molecule has 0 radical (unpaired) electrons. The largest absolute Gasteiger partial charge is 0.481 e. The van der Waals surface area contributed by atoms with Crippen LogP contribution in [0.5, 0.6) is 0 Å². The van der Waals surface area contributed by atoms with E-state index in [1.165, 1.54) is 64.2 Å². The van der Waals surface area contributed by atoms with Gasteiger partial charge in [0, 0.05) is 12.8 Å². The Balaban J connectivity index is 3.29. The lowest BCUT2D eigenvalue weighted by Crippen LogP contribution is -1.97. The maximum Gasteiger partial charge on any atom is 0.303 e. The summed E-state index contributed by atoms with van der Waals surface area (Å²) in [6.07, 6.45) is 17.5. The number of aliphatic carboxylic acids is 1. The van der Waals surface area contributed by atoms with Crippen molar-refractivity contribution in [3.8, 4) is 11.8 Å². The summed E-state index contributed by atoms with van der Waals surface area (Å²) in [4.78, 5) is 10.6. The average molecular weight is 387 g/mol. The van der Waals surface area contributed by atoms with Crippen LogP contribution >= 0.6 is 15.9 Å². The molecule has 0 bridgehead atoms. The van der Waals surface area contributed by atoms with Crippen molar-refractivity contribution in [3.05, 3.63) is 0 Å². The maximum atomic E-state index is 10.4. The number of halogens is 1. The summed E-state index contributed by atoms with van der Waals surface area (Å²) in [5, 5.41) is 8.57. The predicted molar refractivity (Wildman–Crippen MR) is 103 cm³/mol. The topological polar surface area (TPSA) is 37.3 Å². The molecule has 0 heterocycles. The van der Waals surface area contributed by atoms with E-state index in [0.717, 1.165) is 25.7 Å². The van der Waals surface area contributed by atoms with Gasteiger partial charge in [0.05, 0.1) is 4.83 Å². The number of hydrogen-bond donors (Lipinski definition) is 1. The molecule has 3 heteroatoms. The number of unbranched alkanes of at least 4 members (excludes halogenated alkanes) is 11. The van der Waals surface area contributed by atoms with Crippen molar-refractivity contribution in [2.45, 2.75) is 108 Å². The summed E-state index contributed by atoms with van der Waals surface area (Å²) in [6, 6.07) is 0. The Morgan fingerprint density at radius 2 is 1.48 bits per heavy atom. The molecule has 0 aromatic heterocycles. The molecule has 0 rings (SSSR count). The van der Waals surface area contributed by atoms with E-state index in [2.05, 4.69) is 34.7 Å². The zero-order chi connectivity index (χ0) is 17.2. The first-order chi connectivity index (χ1) is 11.2. The second-order valence-electron chi connectivity index (χ2n) is 6.36. The molecule has 1 atom stereocenters. The van der Waals surface area contributed by atoms with Crippen LogP contribution in [0.25, 0.3) is 0 Å². The molecule has 23 heavy (non-hydrogen) atoms. The van der Waals surface area contributed by atoms with E-state index in [0.29, 0.717) is 0 Å². The minimum atomic E-state index is -0.705. The Bertz CT molecular complexity index is 330. The van der Waals surface area contributed by atoms with Gasteiger partial charge < -0.3 is 5.11 Å². The number of carboxylic acids is 1. The van der Waals surface area contributed by atoms with Crippen molar-refractivity contribution in [2.24, 2.45) is 0 Å². The highest BCUT2D eigenvalue weighted by atomic mass is 79.9. The van der Waals surface area contributed by atoms with Crippen LogP contribution in [0, 0.1) is 11.8 Å². The van der Waals surface area contributed by atoms with E-state index in [-0.39, 0.29) is 11.2 Å². The molecular formula is C20H35BrO2. The van der Waals surface area contributed by atoms with Crippen LogP contribution in [0.3, 0.4) is 0 Å². The van der Waals surface area contributed by atoms with Crippen LogP contribution < -0.4 is 0 Å². The van der Waals surface area contributed by atoms with E-state index in [1.807, 2.05) is 0 Å². The SMILES string of the molecule is CCCCCCCCCCCCC#CC(Br)CCCCC(=O)O. The van der Waals surface area contributed by atoms with Gasteiger partial charge in [0.15, 0.2) is 0 Å². The maximum absolute atomic E-state index is 10.4. The molecule has 0 aliphatic rings. The van der Waals surface area contributed by atoms with E-state index in [4.69, 9.17) is 5.11 Å². The zero-order valence-electron chi connectivity index (χ0n) is 14.9. The van der Waals surface area contributed by atoms with Crippen LogP contribution in [0.2, 0.25) is 0 Å². The second kappa shape index (κ2) is 17.9. The van der Waals surface area contributed by atoms with Crippen LogP contribution in [-0.4, -0.2) is 15.9 Å². The predicted octanol–water partition coefficient (Wildman–Crippen LogP) is 6.71. The Labute approximate surface area is 151 Å². The minimum absolute atomic E-state index is 0.222. The zero-order valence-corrected chi connectivity index (χ0v) is 16.5. The summed E-state index contributed by atoms with van der Waals surface area (Å²) in [5.41, 5.74) is 0. The molecule has 0 aliphatic carbocycles. The lowest BCUT2D eigenvalue weighted by molar-refractivity contribution is -0.137. The summed E-state index contributed by atoms with van der Waals surface area (Å²) in [7, 11) is 0. The summed E-state index contributed by atoms with van der Waals surface area (Å²) < 4.78 is 0. The van der Waals surface area contributed by atoms with Crippen molar-refractivity contribution in [2.75, 3.05) is 0 Å². The van der Waals surface area contributed by atoms with Gasteiger partial charge in [-0.15, -0.1) is 5.92 Å². The van der Waals surface area contributed by atoms with Gasteiger partial charge in [0.1, 0.15) is 0 Å². The smallest absolute Gasteiger partial charge is 0.303 e. The summed E-state index contributed by atoms with van der Waals surface area (Å²) in [5.74, 6) is 5.76. The third-order valence-electron chi connectivity index (χ3n) is 4.01. The molecule has 0 aromatic rings. The van der Waals surface area contributed by atoms with Gasteiger partial charge in [-0.25, -0.2) is 0 Å². The number of carbonyl (C=O) groups is 1. The van der Waals surface area contributed by atoms with E-state index < -0.39 is 5.97 Å². The molecule has 134 valence electrons. The number of rotatable bonds is 15. The number of hydrogen-bond acceptors (Lipinski definition) is 1. The molecule has 0 amide bonds. The Morgan fingerprint density at radius 3 is 2.04 bits per heavy atom. The lowest BCUT2D eigenvalue weighted by Gasteiger charge is -2.01. The van der Waals surface area contributed by atoms with Crippen LogP contribution in [-0.2, 0) is 4.79 Å². The minimum Gasteiger partial charge on any atom is -0.481 e. The number of alkyl halides is 1. The van der Waals surface area contributed by atoms with Gasteiger partial charge in [-0.2, -0.15) is 0 Å². The first-order valence-corrected chi connectivity index (χ1v) is 10.4. The highest BCUT2D eigenvalue weighted by molar-refractivity contribution is 9.09. The Kier molecular flexibility index (Phi) is 17.5. The van der Waals surface area contributed by atoms with Gasteiger partial charge >= 0.3 is 5.97 Å². The van der Waals surface area contributed by atoms with Crippen molar-refractivity contribution < 1.29 is 9.90 Å². The summed E-state index contributed by atoms with van der Waals surface area (Å²) >= 11 is 3.55. The van der Waals surface area contributed by atoms with Gasteiger partial charge in [-0.05, 0) is 19.3 Å². The quantitative estimate of drug-likeness (QED) is 0.193. The van der Waals surface area contributed by atoms with Crippen LogP contribution in [0.1, 0.15) is 103 Å². The fourth-order valence-electron chi connectivity index (χ4n) is 2.56. The van der Waals surface area contributed by atoms with Gasteiger partial charge in [-0.3, -0.25) is 4.79 Å². The van der Waals surface area contributed by atoms with Crippen LogP contribution in [0.4, 0.5) is 0 Å². The monoisotopic (exact) mass is 386 g/mol. The van der Waals surface area contributed by atoms with E-state index in [1.54, 1.807) is 0 Å². The molecular weight excluding hydrogens is 352 g/mol. The fourth-order valence-corrected chi connectivity index (χ4v) is 3.04. The van der Waals surface area contributed by atoms with Gasteiger partial charge in [0.25, 0.3) is 0 Å². The third kappa shape index (κ3) is 19.5. The molecule has 0 aliphatic heterocycles. The molecule has 0 spiro atoms. The lowest BCUT2D eigenvalue weighted by atomic mass is 10.1. The Hall–Kier alpha value is -0.490. The third-order valence-corrected chi connectivity index (χ3v) is 4.70. The normalized spacial score (nSPS) is 11.7. The standard InChI is InChI=1S/C20H35BrO2/c1-2-3-4-5-6-7-8-9-10-11-12-13-16-19(21)17-14-15-18-20(22)23/h19H,2-12,14-15,17-18H2,1H3,(H,22,23). The van der Waals surface area contributed by atoms with Crippen molar-refractivity contribution in [3.63, 3.8) is 0 Å². The van der Waals surface area contributed by atoms with Crippen molar-refractivity contribution >= 4 is 21.9 Å². The van der Waals surface area contributed by atoms with Crippen molar-refractivity contribution in [1.29, 1.82) is 0 Å². The van der Waals surface area contributed by atoms with Crippen molar-refractivity contribution in [1.82, 2.24) is 0 Å². The molecule has 0 saturated carbocycles. The first kappa shape index (κ1) is 22.5. The molecule has 0 fully saturated rings. The van der Waals surface area contributed by atoms with E-state index >= 15 is 0 Å². The van der Waals surface area contributed by atoms with E-state index in [9.17, 15) is 4.79 Å². The summed E-state index contributed by atoms with van der Waals surface area (Å²) in [6.45, 7) is 2.26. The molecule has 1 unspecified atom stereocenters. The highest BCUT2D eigenvalue weighted by Crippen LogP contribution is 2.12. The first-order valence-electron chi connectivity index (χ1n) is 9.51. The van der Waals surface area contributed by atoms with Crippen LogP contribution in [0.15, 0.2) is 0 Å². The molecule has 2 nitrogen and oxygen atoms in total. The van der Waals surface area contributed by atoms with Gasteiger partial charge in [-0.1, -0.05) is 93.0 Å². The highest BCUT2D eigenvalue weighted by Gasteiger charge is 2.01. The van der Waals surface area contributed by atoms with Gasteiger partial charge in [0.2, 0.25) is 0 Å². The number of carboxylic acid groups (broad SMARTS) is 1. The average Bonchev–Trinajstić information content (AvgIpc) is 2.52.